The second-order valence-corrected chi connectivity index (χ2v) is 9.71. The summed E-state index contributed by atoms with van der Waals surface area (Å²) in [5, 5.41) is 7.46. The number of aromatic amines is 2. The van der Waals surface area contributed by atoms with Crippen LogP contribution in [0, 0.1) is 5.82 Å². The smallest absolute Gasteiger partial charge is 0.261 e. The van der Waals surface area contributed by atoms with E-state index in [1.54, 1.807) is 35.6 Å². The fraction of sp³-hybridized carbons (Fsp3) is 0.179. The molecule has 194 valence electrons. The molecular formula is C28H21F3N8. The topological polar surface area (TPSA) is 99.3 Å². The van der Waals surface area contributed by atoms with Gasteiger partial charge in [-0.15, -0.1) is 0 Å². The van der Waals surface area contributed by atoms with Crippen LogP contribution in [0.1, 0.15) is 12.0 Å². The standard InChI is InChI=1S/C28H21F3N8/c29-19-3-1-17(2-4-19)20-7-9-33-26-23(20)35-27(36-26)25-24-22(37-38-25)6-5-21(34-24)18-11-16(12-32-13-18)14-39-10-8-28(30,31)15-39/h1-7,9,11-13H,8,10,14-15H2,(H,37,38)(H,33,35,36). The summed E-state index contributed by atoms with van der Waals surface area (Å²) in [4.78, 5) is 23.3. The van der Waals surface area contributed by atoms with Gasteiger partial charge in [-0.2, -0.15) is 5.10 Å². The number of likely N-dealkylation sites (tertiary alicyclic amines) is 1. The first-order chi connectivity index (χ1) is 18.9. The summed E-state index contributed by atoms with van der Waals surface area (Å²) in [6.07, 6.45) is 4.94. The van der Waals surface area contributed by atoms with Crippen LogP contribution < -0.4 is 0 Å². The lowest BCUT2D eigenvalue weighted by Crippen LogP contribution is -2.24. The van der Waals surface area contributed by atoms with E-state index in [2.05, 4.69) is 30.1 Å². The molecule has 1 aliphatic heterocycles. The van der Waals surface area contributed by atoms with Crippen molar-refractivity contribution in [2.75, 3.05) is 13.1 Å². The summed E-state index contributed by atoms with van der Waals surface area (Å²) in [7, 11) is 0. The van der Waals surface area contributed by atoms with Gasteiger partial charge >= 0.3 is 0 Å². The molecule has 6 heterocycles. The van der Waals surface area contributed by atoms with Crippen LogP contribution in [-0.4, -0.2) is 59.0 Å². The minimum atomic E-state index is -2.64. The van der Waals surface area contributed by atoms with Crippen LogP contribution >= 0.6 is 0 Å². The summed E-state index contributed by atoms with van der Waals surface area (Å²) >= 11 is 0. The number of pyridine rings is 3. The normalized spacial score (nSPS) is 15.5. The van der Waals surface area contributed by atoms with E-state index in [1.165, 1.54) is 12.1 Å². The molecule has 0 spiro atoms. The number of hydrogen-bond donors (Lipinski definition) is 2. The quantitative estimate of drug-likeness (QED) is 0.303. The summed E-state index contributed by atoms with van der Waals surface area (Å²) < 4.78 is 40.7. The van der Waals surface area contributed by atoms with E-state index in [0.29, 0.717) is 47.0 Å². The molecule has 1 aliphatic rings. The molecule has 0 atom stereocenters. The summed E-state index contributed by atoms with van der Waals surface area (Å²) in [5.74, 6) is -2.45. The third kappa shape index (κ3) is 4.40. The highest BCUT2D eigenvalue weighted by molar-refractivity contribution is 5.94. The maximum atomic E-state index is 13.6. The monoisotopic (exact) mass is 526 g/mol. The Kier molecular flexibility index (Phi) is 5.41. The van der Waals surface area contributed by atoms with Crippen molar-refractivity contribution >= 4 is 22.2 Å². The number of H-pyrrole nitrogens is 2. The van der Waals surface area contributed by atoms with Crippen LogP contribution in [0.25, 0.3) is 56.1 Å². The molecule has 1 fully saturated rings. The molecule has 0 amide bonds. The van der Waals surface area contributed by atoms with Crippen molar-refractivity contribution in [2.45, 2.75) is 18.9 Å². The van der Waals surface area contributed by atoms with E-state index >= 15 is 0 Å². The average Bonchev–Trinajstić information content (AvgIpc) is 3.64. The third-order valence-electron chi connectivity index (χ3n) is 6.92. The van der Waals surface area contributed by atoms with Gasteiger partial charge in [0.1, 0.15) is 11.3 Å². The van der Waals surface area contributed by atoms with Crippen LogP contribution in [0.5, 0.6) is 0 Å². The number of benzene rings is 1. The molecule has 8 nitrogen and oxygen atoms in total. The molecule has 0 saturated carbocycles. The van der Waals surface area contributed by atoms with E-state index in [9.17, 15) is 13.2 Å². The Balaban J connectivity index is 1.24. The minimum Gasteiger partial charge on any atom is -0.335 e. The van der Waals surface area contributed by atoms with Gasteiger partial charge in [-0.05, 0) is 47.5 Å². The molecule has 1 aromatic carbocycles. The largest absolute Gasteiger partial charge is 0.335 e. The fourth-order valence-electron chi connectivity index (χ4n) is 5.03. The van der Waals surface area contributed by atoms with Crippen molar-refractivity contribution < 1.29 is 13.2 Å². The van der Waals surface area contributed by atoms with Gasteiger partial charge < -0.3 is 4.98 Å². The van der Waals surface area contributed by atoms with Crippen LogP contribution in [0.2, 0.25) is 0 Å². The van der Waals surface area contributed by atoms with E-state index in [0.717, 1.165) is 27.8 Å². The van der Waals surface area contributed by atoms with Gasteiger partial charge in [-0.1, -0.05) is 12.1 Å². The Hall–Kier alpha value is -4.64. The summed E-state index contributed by atoms with van der Waals surface area (Å²) in [5.41, 5.74) is 7.03. The van der Waals surface area contributed by atoms with E-state index in [1.807, 2.05) is 24.3 Å². The number of hydrogen-bond acceptors (Lipinski definition) is 6. The Bertz CT molecular complexity index is 1830. The second-order valence-electron chi connectivity index (χ2n) is 9.71. The number of imidazole rings is 1. The maximum absolute atomic E-state index is 13.6. The zero-order valence-corrected chi connectivity index (χ0v) is 20.5. The number of alkyl halides is 2. The zero-order valence-electron chi connectivity index (χ0n) is 20.5. The first kappa shape index (κ1) is 23.5. The van der Waals surface area contributed by atoms with E-state index in [4.69, 9.17) is 4.98 Å². The van der Waals surface area contributed by atoms with Crippen LogP contribution in [0.3, 0.4) is 0 Å². The predicted octanol–water partition coefficient (Wildman–Crippen LogP) is 5.61. The first-order valence-electron chi connectivity index (χ1n) is 12.4. The molecule has 0 bridgehead atoms. The van der Waals surface area contributed by atoms with Gasteiger partial charge in [-0.3, -0.25) is 15.0 Å². The number of nitrogens with one attached hydrogen (secondary N) is 2. The summed E-state index contributed by atoms with van der Waals surface area (Å²) in [6, 6.07) is 13.8. The molecule has 1 saturated heterocycles. The Morgan fingerprint density at radius 1 is 0.974 bits per heavy atom. The Morgan fingerprint density at radius 3 is 2.67 bits per heavy atom. The molecule has 11 heteroatoms. The van der Waals surface area contributed by atoms with Crippen molar-refractivity contribution in [3.8, 4) is 33.9 Å². The highest BCUT2D eigenvalue weighted by atomic mass is 19.3. The first-order valence-corrected chi connectivity index (χ1v) is 12.4. The third-order valence-corrected chi connectivity index (χ3v) is 6.92. The van der Waals surface area contributed by atoms with Gasteiger partial charge in [0.15, 0.2) is 17.2 Å². The highest BCUT2D eigenvalue weighted by Gasteiger charge is 2.37. The number of halogens is 3. The predicted molar refractivity (Wildman–Crippen MR) is 140 cm³/mol. The molecule has 0 unspecified atom stereocenters. The molecular weight excluding hydrogens is 505 g/mol. The van der Waals surface area contributed by atoms with Gasteiger partial charge in [0.05, 0.1) is 23.3 Å². The minimum absolute atomic E-state index is 0.121. The second kappa shape index (κ2) is 8.98. The molecule has 0 radical (unpaired) electrons. The Labute approximate surface area is 220 Å². The molecule has 2 N–H and O–H groups in total. The van der Waals surface area contributed by atoms with Gasteiger partial charge in [0, 0.05) is 49.2 Å². The fourth-order valence-corrected chi connectivity index (χ4v) is 5.03. The number of rotatable bonds is 5. The number of aromatic nitrogens is 7. The maximum Gasteiger partial charge on any atom is 0.261 e. The number of nitrogens with zero attached hydrogens (tertiary/aromatic N) is 6. The lowest BCUT2D eigenvalue weighted by Gasteiger charge is -2.15. The summed E-state index contributed by atoms with van der Waals surface area (Å²) in [6.45, 7) is 0.516. The van der Waals surface area contributed by atoms with E-state index < -0.39 is 5.92 Å². The molecule has 7 rings (SSSR count). The van der Waals surface area contributed by atoms with Crippen LogP contribution in [0.15, 0.2) is 67.1 Å². The number of fused-ring (bicyclic) bond motifs is 2. The van der Waals surface area contributed by atoms with Crippen molar-refractivity contribution in [3.63, 3.8) is 0 Å². The van der Waals surface area contributed by atoms with Crippen LogP contribution in [0.4, 0.5) is 13.2 Å². The van der Waals surface area contributed by atoms with E-state index in [-0.39, 0.29) is 18.8 Å². The van der Waals surface area contributed by atoms with Crippen molar-refractivity contribution in [1.82, 2.24) is 40.0 Å². The lowest BCUT2D eigenvalue weighted by molar-refractivity contribution is 0.0115. The molecule has 39 heavy (non-hydrogen) atoms. The van der Waals surface area contributed by atoms with Crippen LogP contribution in [-0.2, 0) is 6.54 Å². The van der Waals surface area contributed by atoms with Gasteiger partial charge in [-0.25, -0.2) is 28.1 Å². The molecule has 0 aliphatic carbocycles. The SMILES string of the molecule is Fc1ccc(-c2ccnc3nc(-c4n[nH]c5ccc(-c6cncc(CN7CCC(F)(F)C7)c6)nc45)[nH]c23)cc1. The average molecular weight is 527 g/mol. The highest BCUT2D eigenvalue weighted by Crippen LogP contribution is 2.32. The zero-order chi connectivity index (χ0) is 26.6. The molecule has 6 aromatic rings. The molecule has 5 aromatic heterocycles. The lowest BCUT2D eigenvalue weighted by atomic mass is 10.1. The van der Waals surface area contributed by atoms with Crippen molar-refractivity contribution in [1.29, 1.82) is 0 Å². The van der Waals surface area contributed by atoms with Crippen molar-refractivity contribution in [2.24, 2.45) is 0 Å². The van der Waals surface area contributed by atoms with Crippen molar-refractivity contribution in [3.05, 3.63) is 78.5 Å². The Morgan fingerprint density at radius 2 is 1.85 bits per heavy atom. The van der Waals surface area contributed by atoms with Gasteiger partial charge in [0.25, 0.3) is 5.92 Å². The van der Waals surface area contributed by atoms with Gasteiger partial charge in [0.2, 0.25) is 0 Å².